The third-order valence-electron chi connectivity index (χ3n) is 1.93. The highest BCUT2D eigenvalue weighted by molar-refractivity contribution is 7.85. The van der Waals surface area contributed by atoms with E-state index in [-0.39, 0.29) is 18.4 Å². The van der Waals surface area contributed by atoms with Gasteiger partial charge in [-0.25, -0.2) is 0 Å². The summed E-state index contributed by atoms with van der Waals surface area (Å²) in [4.78, 5) is 11.0. The minimum Gasteiger partial charge on any atom is -0.356 e. The summed E-state index contributed by atoms with van der Waals surface area (Å²) >= 11 is 0. The molecule has 0 aromatic carbocycles. The van der Waals surface area contributed by atoms with E-state index in [1.807, 2.05) is 0 Å². The molecule has 5 nitrogen and oxygen atoms in total. The first kappa shape index (κ1) is 10.5. The molecule has 13 heavy (non-hydrogen) atoms. The predicted octanol–water partition coefficient (Wildman–Crippen LogP) is -0.511. The van der Waals surface area contributed by atoms with Crippen LogP contribution in [0.5, 0.6) is 0 Å². The monoisotopic (exact) mass is 207 g/mol. The molecular formula is C7H13NO4S. The fourth-order valence-corrected chi connectivity index (χ4v) is 1.66. The Balaban J connectivity index is 2.23. The van der Waals surface area contributed by atoms with Crippen LogP contribution in [-0.4, -0.2) is 33.7 Å². The van der Waals surface area contributed by atoms with Gasteiger partial charge >= 0.3 is 0 Å². The minimum absolute atomic E-state index is 0.00268. The first-order valence-electron chi connectivity index (χ1n) is 4.11. The summed E-state index contributed by atoms with van der Waals surface area (Å²) in [6, 6.07) is 0. The van der Waals surface area contributed by atoms with Gasteiger partial charge in [-0.3, -0.25) is 8.98 Å². The summed E-state index contributed by atoms with van der Waals surface area (Å²) in [7, 11) is -3.37. The van der Waals surface area contributed by atoms with Crippen LogP contribution in [0.1, 0.15) is 12.8 Å². The number of hydrogen-bond acceptors (Lipinski definition) is 4. The van der Waals surface area contributed by atoms with Crippen molar-refractivity contribution in [2.45, 2.75) is 12.8 Å². The van der Waals surface area contributed by atoms with Gasteiger partial charge in [-0.15, -0.1) is 0 Å². The highest BCUT2D eigenvalue weighted by Gasteiger charge is 2.23. The van der Waals surface area contributed by atoms with Crippen molar-refractivity contribution in [3.63, 3.8) is 0 Å². The summed E-state index contributed by atoms with van der Waals surface area (Å²) in [6.07, 6.45) is 2.24. The van der Waals surface area contributed by atoms with Crippen molar-refractivity contribution in [1.82, 2.24) is 5.32 Å². The van der Waals surface area contributed by atoms with E-state index in [0.717, 1.165) is 12.7 Å². The Morgan fingerprint density at radius 2 is 2.31 bits per heavy atom. The van der Waals surface area contributed by atoms with Gasteiger partial charge in [0.15, 0.2) is 0 Å². The number of rotatable bonds is 4. The molecular weight excluding hydrogens is 194 g/mol. The molecule has 1 unspecified atom stereocenters. The second-order valence-electron chi connectivity index (χ2n) is 3.09. The molecule has 0 aromatic heterocycles. The average molecular weight is 207 g/mol. The zero-order valence-electron chi connectivity index (χ0n) is 7.45. The van der Waals surface area contributed by atoms with Crippen molar-refractivity contribution >= 4 is 16.0 Å². The summed E-state index contributed by atoms with van der Waals surface area (Å²) < 4.78 is 25.7. The first-order valence-corrected chi connectivity index (χ1v) is 5.93. The van der Waals surface area contributed by atoms with Gasteiger partial charge in [-0.05, 0) is 12.8 Å². The fraction of sp³-hybridized carbons (Fsp3) is 0.857. The van der Waals surface area contributed by atoms with Crippen LogP contribution in [0.25, 0.3) is 0 Å². The van der Waals surface area contributed by atoms with Crippen molar-refractivity contribution in [2.24, 2.45) is 5.92 Å². The molecule has 1 atom stereocenters. The molecule has 0 aromatic rings. The summed E-state index contributed by atoms with van der Waals surface area (Å²) in [6.45, 7) is 0.777. The molecule has 0 bridgehead atoms. The number of amides is 1. The van der Waals surface area contributed by atoms with Gasteiger partial charge in [0.1, 0.15) is 0 Å². The van der Waals surface area contributed by atoms with E-state index in [9.17, 15) is 13.2 Å². The average Bonchev–Trinajstić information content (AvgIpc) is 2.34. The molecule has 1 N–H and O–H groups in total. The van der Waals surface area contributed by atoms with E-state index < -0.39 is 10.1 Å². The lowest BCUT2D eigenvalue weighted by Crippen LogP contribution is -2.20. The molecule has 76 valence electrons. The SMILES string of the molecule is CS(=O)(=O)OCCC1CCNC1=O. The van der Waals surface area contributed by atoms with E-state index in [2.05, 4.69) is 9.50 Å². The lowest BCUT2D eigenvalue weighted by atomic mass is 10.1. The molecule has 1 saturated heterocycles. The van der Waals surface area contributed by atoms with Gasteiger partial charge in [-0.1, -0.05) is 0 Å². The maximum Gasteiger partial charge on any atom is 0.264 e. The fourth-order valence-electron chi connectivity index (χ4n) is 1.26. The number of carbonyl (C=O) groups excluding carboxylic acids is 1. The zero-order valence-corrected chi connectivity index (χ0v) is 8.26. The van der Waals surface area contributed by atoms with Crippen LogP contribution in [0, 0.1) is 5.92 Å². The Hall–Kier alpha value is -0.620. The van der Waals surface area contributed by atoms with E-state index >= 15 is 0 Å². The van der Waals surface area contributed by atoms with E-state index in [1.54, 1.807) is 0 Å². The maximum absolute atomic E-state index is 11.0. The Morgan fingerprint density at radius 1 is 1.62 bits per heavy atom. The molecule has 0 aliphatic carbocycles. The smallest absolute Gasteiger partial charge is 0.264 e. The van der Waals surface area contributed by atoms with Gasteiger partial charge in [0, 0.05) is 12.5 Å². The minimum atomic E-state index is -3.37. The van der Waals surface area contributed by atoms with Gasteiger partial charge in [-0.2, -0.15) is 8.42 Å². The highest BCUT2D eigenvalue weighted by atomic mass is 32.2. The van der Waals surface area contributed by atoms with Crippen LogP contribution in [0.15, 0.2) is 0 Å². The van der Waals surface area contributed by atoms with Gasteiger partial charge in [0.05, 0.1) is 12.9 Å². The Morgan fingerprint density at radius 3 is 2.77 bits per heavy atom. The van der Waals surface area contributed by atoms with Crippen LogP contribution in [0.2, 0.25) is 0 Å². The normalized spacial score (nSPS) is 23.2. The molecule has 1 aliphatic rings. The lowest BCUT2D eigenvalue weighted by molar-refractivity contribution is -0.122. The van der Waals surface area contributed by atoms with Crippen LogP contribution >= 0.6 is 0 Å². The van der Waals surface area contributed by atoms with Crippen molar-refractivity contribution in [3.8, 4) is 0 Å². The lowest BCUT2D eigenvalue weighted by Gasteiger charge is -2.05. The molecule has 0 saturated carbocycles. The quantitative estimate of drug-likeness (QED) is 0.630. The first-order chi connectivity index (χ1) is 5.99. The topological polar surface area (TPSA) is 72.5 Å². The predicted molar refractivity (Wildman–Crippen MR) is 46.5 cm³/mol. The maximum atomic E-state index is 11.0. The van der Waals surface area contributed by atoms with E-state index in [1.165, 1.54) is 0 Å². The van der Waals surface area contributed by atoms with Gasteiger partial charge in [0.2, 0.25) is 5.91 Å². The molecule has 1 rings (SSSR count). The molecule has 1 heterocycles. The van der Waals surface area contributed by atoms with Crippen molar-refractivity contribution < 1.29 is 17.4 Å². The van der Waals surface area contributed by atoms with Crippen LogP contribution in [0.4, 0.5) is 0 Å². The zero-order chi connectivity index (χ0) is 9.90. The standard InChI is InChI=1S/C7H13NO4S/c1-13(10,11)12-5-3-6-2-4-8-7(6)9/h6H,2-5H2,1H3,(H,8,9). The van der Waals surface area contributed by atoms with Gasteiger partial charge < -0.3 is 5.32 Å². The summed E-state index contributed by atoms with van der Waals surface area (Å²) in [5.74, 6) is -0.0844. The molecule has 0 spiro atoms. The Kier molecular flexibility index (Phi) is 3.27. The number of carbonyl (C=O) groups is 1. The highest BCUT2D eigenvalue weighted by Crippen LogP contribution is 2.13. The van der Waals surface area contributed by atoms with E-state index in [4.69, 9.17) is 0 Å². The summed E-state index contributed by atoms with van der Waals surface area (Å²) in [5, 5.41) is 2.67. The van der Waals surface area contributed by atoms with Crippen LogP contribution < -0.4 is 5.32 Å². The summed E-state index contributed by atoms with van der Waals surface area (Å²) in [5.41, 5.74) is 0. The van der Waals surface area contributed by atoms with Crippen molar-refractivity contribution in [3.05, 3.63) is 0 Å². The second kappa shape index (κ2) is 4.06. The Labute approximate surface area is 77.6 Å². The third kappa shape index (κ3) is 3.73. The molecule has 1 aliphatic heterocycles. The van der Waals surface area contributed by atoms with Crippen molar-refractivity contribution in [1.29, 1.82) is 0 Å². The Bertz CT molecular complexity index is 285. The third-order valence-corrected chi connectivity index (χ3v) is 2.52. The molecule has 6 heteroatoms. The van der Waals surface area contributed by atoms with E-state index in [0.29, 0.717) is 13.0 Å². The van der Waals surface area contributed by atoms with Crippen LogP contribution in [-0.2, 0) is 19.1 Å². The van der Waals surface area contributed by atoms with Gasteiger partial charge in [0.25, 0.3) is 10.1 Å². The number of hydrogen-bond donors (Lipinski definition) is 1. The van der Waals surface area contributed by atoms with Crippen LogP contribution in [0.3, 0.4) is 0 Å². The molecule has 1 fully saturated rings. The largest absolute Gasteiger partial charge is 0.356 e. The molecule has 0 radical (unpaired) electrons. The molecule has 1 amide bonds. The second-order valence-corrected chi connectivity index (χ2v) is 4.74. The van der Waals surface area contributed by atoms with Crippen molar-refractivity contribution in [2.75, 3.05) is 19.4 Å². The number of nitrogens with one attached hydrogen (secondary N) is 1.